The van der Waals surface area contributed by atoms with E-state index in [1.807, 2.05) is 12.2 Å². The van der Waals surface area contributed by atoms with Crippen molar-refractivity contribution < 1.29 is 49.0 Å². The molecule has 1 aliphatic carbocycles. The maximum atomic E-state index is 2.99. The normalized spacial score (nSPS) is 12.2. The third-order valence-electron chi connectivity index (χ3n) is 9.10. The molecule has 0 bridgehead atoms. The van der Waals surface area contributed by atoms with Crippen LogP contribution in [0.3, 0.4) is 0 Å². The second kappa shape index (κ2) is 16.7. The van der Waals surface area contributed by atoms with Crippen molar-refractivity contribution in [2.45, 2.75) is 58.8 Å². The van der Waals surface area contributed by atoms with Crippen LogP contribution >= 0.6 is 0 Å². The van der Waals surface area contributed by atoms with E-state index in [2.05, 4.69) is 181 Å². The molecular weight excluding hydrogens is 727 g/mol. The second-order valence-electron chi connectivity index (χ2n) is 14.8. The number of benzene rings is 6. The molecule has 0 aromatic heterocycles. The molecule has 0 fully saturated rings. The SMILES string of the molecule is CC(C)(C)c1ccc2[cH-]c3ccc(C(C)(C)C)cc3c2c1.[C-]1=CC=CC1.[Cl-].[Cl-].[Zr+2]=[C](c1ccc2ccccc2c1)c1ccc2ccccc2c1. The summed E-state index contributed by atoms with van der Waals surface area (Å²) in [5, 5.41) is 10.7. The maximum absolute atomic E-state index is 2.99. The van der Waals surface area contributed by atoms with Gasteiger partial charge in [-0.25, -0.2) is 12.2 Å². The van der Waals surface area contributed by atoms with Gasteiger partial charge in [-0.2, -0.15) is 6.08 Å². The van der Waals surface area contributed by atoms with E-state index in [9.17, 15) is 0 Å². The Hall–Kier alpha value is -3.48. The average molecular weight is 771 g/mol. The number of halogens is 2. The van der Waals surface area contributed by atoms with Crippen LogP contribution in [0.2, 0.25) is 0 Å². The van der Waals surface area contributed by atoms with Gasteiger partial charge in [0.2, 0.25) is 0 Å². The molecule has 1 aliphatic rings. The summed E-state index contributed by atoms with van der Waals surface area (Å²) in [5.74, 6) is 0. The zero-order chi connectivity index (χ0) is 33.9. The standard InChI is InChI=1S/C21H14.C21H25.C5H5.2ClH.Zr/c1-3-7-20-14-16(9-11-18(20)5-1)13-17-10-12-19-6-2-4-8-21(19)15-17;1-20(2,3)16-9-7-14-11-15-8-10-17(21(4,5)6)13-19(15)18(14)12-16;1-2-4-5-3-1;;;/h1-12,14-15H;7-13H,1-6H3;1-3H,4H2;2*1H;/q;2*-1;;;+2/p-2. The molecule has 0 spiro atoms. The average Bonchev–Trinajstić information content (AvgIpc) is 3.79. The Morgan fingerprint density at radius 2 is 1.00 bits per heavy atom. The van der Waals surface area contributed by atoms with Crippen molar-refractivity contribution in [3.8, 4) is 0 Å². The minimum atomic E-state index is 0. The molecule has 0 nitrogen and oxygen atoms in total. The molecule has 0 unspecified atom stereocenters. The van der Waals surface area contributed by atoms with Crippen LogP contribution in [-0.2, 0) is 35.1 Å². The van der Waals surface area contributed by atoms with Crippen molar-refractivity contribution >= 4 is 46.3 Å². The van der Waals surface area contributed by atoms with Gasteiger partial charge < -0.3 is 24.8 Å². The number of hydrogen-bond acceptors (Lipinski definition) is 0. The van der Waals surface area contributed by atoms with Crippen molar-refractivity contribution in [2.75, 3.05) is 0 Å². The van der Waals surface area contributed by atoms with Crippen molar-refractivity contribution in [1.29, 1.82) is 0 Å². The fourth-order valence-electron chi connectivity index (χ4n) is 6.13. The Kier molecular flexibility index (Phi) is 13.1. The molecule has 3 heteroatoms. The summed E-state index contributed by atoms with van der Waals surface area (Å²) in [6.07, 6.45) is 10.0. The fraction of sp³-hybridized carbons (Fsp3) is 0.191. The number of fused-ring (bicyclic) bond motifs is 5. The topological polar surface area (TPSA) is 0 Å². The van der Waals surface area contributed by atoms with Gasteiger partial charge in [-0.1, -0.05) is 76.9 Å². The van der Waals surface area contributed by atoms with Crippen LogP contribution in [-0.4, -0.2) is 3.21 Å². The Bertz CT molecular complexity index is 2150. The first-order valence-corrected chi connectivity index (χ1v) is 18.1. The number of rotatable bonds is 2. The van der Waals surface area contributed by atoms with Gasteiger partial charge in [0.15, 0.2) is 0 Å². The third-order valence-corrected chi connectivity index (χ3v) is 10.5. The molecule has 0 heterocycles. The predicted octanol–water partition coefficient (Wildman–Crippen LogP) is 6.73. The molecule has 0 atom stereocenters. The van der Waals surface area contributed by atoms with E-state index in [1.165, 1.54) is 92.8 Å². The monoisotopic (exact) mass is 768 g/mol. The first-order valence-electron chi connectivity index (χ1n) is 16.9. The summed E-state index contributed by atoms with van der Waals surface area (Å²) < 4.78 is 1.41. The molecule has 0 N–H and O–H groups in total. The fourth-order valence-corrected chi connectivity index (χ4v) is 6.89. The zero-order valence-corrected chi connectivity index (χ0v) is 33.8. The molecule has 0 saturated heterocycles. The van der Waals surface area contributed by atoms with Gasteiger partial charge in [-0.05, 0) is 10.8 Å². The first kappa shape index (κ1) is 39.3. The van der Waals surface area contributed by atoms with Crippen molar-refractivity contribution in [3.05, 3.63) is 174 Å². The van der Waals surface area contributed by atoms with E-state index in [-0.39, 0.29) is 35.6 Å². The van der Waals surface area contributed by atoms with E-state index < -0.39 is 0 Å². The summed E-state index contributed by atoms with van der Waals surface area (Å²) in [5.41, 5.74) is 5.85. The van der Waals surface area contributed by atoms with Crippen molar-refractivity contribution in [3.63, 3.8) is 0 Å². The molecule has 0 radical (unpaired) electrons. The molecule has 50 heavy (non-hydrogen) atoms. The molecule has 8 rings (SSSR count). The van der Waals surface area contributed by atoms with Gasteiger partial charge in [0.05, 0.1) is 0 Å². The van der Waals surface area contributed by atoms with Crippen LogP contribution in [0.4, 0.5) is 0 Å². The van der Waals surface area contributed by atoms with Crippen LogP contribution in [0.25, 0.3) is 43.1 Å². The number of allylic oxidation sites excluding steroid dienone is 4. The van der Waals surface area contributed by atoms with Crippen molar-refractivity contribution in [1.82, 2.24) is 0 Å². The van der Waals surface area contributed by atoms with Gasteiger partial charge in [0.1, 0.15) is 0 Å². The number of hydrogen-bond donors (Lipinski definition) is 0. The summed E-state index contributed by atoms with van der Waals surface area (Å²) in [6.45, 7) is 13.7. The van der Waals surface area contributed by atoms with Gasteiger partial charge in [0, 0.05) is 0 Å². The van der Waals surface area contributed by atoms with E-state index in [0.717, 1.165) is 6.42 Å². The Morgan fingerprint density at radius 3 is 1.36 bits per heavy atom. The Labute approximate surface area is 325 Å². The predicted molar refractivity (Wildman–Crippen MR) is 207 cm³/mol. The van der Waals surface area contributed by atoms with Crippen LogP contribution in [0.1, 0.15) is 70.2 Å². The first-order chi connectivity index (χ1) is 23.0. The van der Waals surface area contributed by atoms with Crippen molar-refractivity contribution in [2.24, 2.45) is 0 Å². The summed E-state index contributed by atoms with van der Waals surface area (Å²) in [4.78, 5) is 0. The van der Waals surface area contributed by atoms with E-state index >= 15 is 0 Å². The molecule has 0 amide bonds. The molecule has 7 aromatic rings. The minimum absolute atomic E-state index is 0. The molecule has 0 aliphatic heterocycles. The van der Waals surface area contributed by atoms with Crippen LogP contribution in [0, 0.1) is 6.08 Å². The zero-order valence-electron chi connectivity index (χ0n) is 29.8. The molecular formula is C47H44Cl2Zr-2. The van der Waals surface area contributed by atoms with Crippen LogP contribution < -0.4 is 24.8 Å². The third kappa shape index (κ3) is 9.24. The van der Waals surface area contributed by atoms with Gasteiger partial charge in [-0.3, -0.25) is 6.08 Å². The summed E-state index contributed by atoms with van der Waals surface area (Å²) in [6, 6.07) is 46.7. The summed E-state index contributed by atoms with van der Waals surface area (Å²) >= 11 is 1.44. The van der Waals surface area contributed by atoms with Crippen LogP contribution in [0.15, 0.2) is 146 Å². The molecule has 7 aromatic carbocycles. The van der Waals surface area contributed by atoms with Gasteiger partial charge in [0.25, 0.3) is 0 Å². The Morgan fingerprint density at radius 1 is 0.560 bits per heavy atom. The van der Waals surface area contributed by atoms with Gasteiger partial charge >= 0.3 is 145 Å². The Balaban J connectivity index is 0.000000190. The van der Waals surface area contributed by atoms with Crippen LogP contribution in [0.5, 0.6) is 0 Å². The van der Waals surface area contributed by atoms with E-state index in [1.54, 1.807) is 0 Å². The quantitative estimate of drug-likeness (QED) is 0.171. The summed E-state index contributed by atoms with van der Waals surface area (Å²) in [7, 11) is 0. The van der Waals surface area contributed by atoms with E-state index in [4.69, 9.17) is 0 Å². The molecule has 0 saturated carbocycles. The van der Waals surface area contributed by atoms with Gasteiger partial charge in [-0.15, -0.1) is 46.2 Å². The second-order valence-corrected chi connectivity index (χ2v) is 16.0. The van der Waals surface area contributed by atoms with E-state index in [0.29, 0.717) is 0 Å². The molecule has 252 valence electrons.